The molecule has 21 heavy (non-hydrogen) atoms. The molecule has 2 aromatic heterocycles. The predicted molar refractivity (Wildman–Crippen MR) is 79.8 cm³/mol. The molecule has 0 aliphatic heterocycles. The van der Waals surface area contributed by atoms with Crippen LogP contribution in [-0.4, -0.2) is 24.7 Å². The van der Waals surface area contributed by atoms with E-state index >= 15 is 0 Å². The summed E-state index contributed by atoms with van der Waals surface area (Å²) in [5.74, 6) is 0.483. The molecule has 0 saturated heterocycles. The summed E-state index contributed by atoms with van der Waals surface area (Å²) in [5.41, 5.74) is 9.67. The maximum absolute atomic E-state index is 9.91. The highest BCUT2D eigenvalue weighted by atomic mass is 16.3. The predicted octanol–water partition coefficient (Wildman–Crippen LogP) is 1.57. The third kappa shape index (κ3) is 2.41. The second-order valence-electron chi connectivity index (χ2n) is 4.96. The number of aromatic nitrogens is 3. The Morgan fingerprint density at radius 2 is 2.00 bits per heavy atom. The molecule has 0 aliphatic rings. The minimum Gasteiger partial charge on any atom is -0.506 e. The van der Waals surface area contributed by atoms with Crippen LogP contribution < -0.4 is 5.73 Å². The number of imidazole rings is 1. The van der Waals surface area contributed by atoms with Crippen LogP contribution in [0.25, 0.3) is 11.0 Å². The highest BCUT2D eigenvalue weighted by Crippen LogP contribution is 2.23. The molecule has 2 heterocycles. The van der Waals surface area contributed by atoms with Gasteiger partial charge in [-0.1, -0.05) is 6.07 Å². The van der Waals surface area contributed by atoms with Gasteiger partial charge in [0.2, 0.25) is 5.95 Å². The van der Waals surface area contributed by atoms with E-state index in [0.717, 1.165) is 16.8 Å². The van der Waals surface area contributed by atoms with Crippen molar-refractivity contribution in [2.24, 2.45) is 0 Å². The van der Waals surface area contributed by atoms with Crippen LogP contribution >= 0.6 is 0 Å². The normalized spacial score (nSPS) is 11.1. The van der Waals surface area contributed by atoms with Crippen molar-refractivity contribution >= 4 is 17.0 Å². The smallest absolute Gasteiger partial charge is 0.201 e. The number of anilines is 1. The van der Waals surface area contributed by atoms with Crippen LogP contribution in [0.4, 0.5) is 5.95 Å². The van der Waals surface area contributed by atoms with E-state index in [0.29, 0.717) is 23.7 Å². The molecule has 0 saturated carbocycles. The van der Waals surface area contributed by atoms with Crippen LogP contribution in [0.2, 0.25) is 0 Å². The minimum absolute atomic E-state index is 0.0388. The van der Waals surface area contributed by atoms with Crippen LogP contribution in [0, 0.1) is 6.92 Å². The largest absolute Gasteiger partial charge is 0.506 e. The van der Waals surface area contributed by atoms with Gasteiger partial charge >= 0.3 is 0 Å². The van der Waals surface area contributed by atoms with Crippen LogP contribution in [-0.2, 0) is 13.2 Å². The third-order valence-electron chi connectivity index (χ3n) is 3.42. The van der Waals surface area contributed by atoms with E-state index in [1.54, 1.807) is 22.8 Å². The summed E-state index contributed by atoms with van der Waals surface area (Å²) in [6, 6.07) is 8.85. The molecule has 0 radical (unpaired) electrons. The van der Waals surface area contributed by atoms with Gasteiger partial charge in [0.15, 0.2) is 0 Å². The molecule has 3 rings (SSSR count). The molecule has 0 atom stereocenters. The Bertz CT molecular complexity index is 811. The number of nitrogens with zero attached hydrogens (tertiary/aromatic N) is 3. The van der Waals surface area contributed by atoms with E-state index in [1.165, 1.54) is 0 Å². The Kier molecular flexibility index (Phi) is 3.23. The number of hydrogen-bond acceptors (Lipinski definition) is 5. The molecule has 6 nitrogen and oxygen atoms in total. The maximum atomic E-state index is 9.91. The quantitative estimate of drug-likeness (QED) is 0.678. The Labute approximate surface area is 121 Å². The summed E-state index contributed by atoms with van der Waals surface area (Å²) >= 11 is 0. The monoisotopic (exact) mass is 284 g/mol. The number of nitrogens with two attached hydrogens (primary N) is 1. The molecule has 0 aliphatic carbocycles. The highest BCUT2D eigenvalue weighted by Gasteiger charge is 2.12. The van der Waals surface area contributed by atoms with Gasteiger partial charge in [-0.15, -0.1) is 0 Å². The number of rotatable bonds is 3. The number of aliphatic hydroxyl groups is 1. The second kappa shape index (κ2) is 5.06. The van der Waals surface area contributed by atoms with Crippen LogP contribution in [0.5, 0.6) is 5.75 Å². The Balaban J connectivity index is 2.08. The van der Waals surface area contributed by atoms with E-state index in [9.17, 15) is 5.11 Å². The topological polar surface area (TPSA) is 97.2 Å². The van der Waals surface area contributed by atoms with Gasteiger partial charge in [0.1, 0.15) is 11.4 Å². The van der Waals surface area contributed by atoms with Crippen molar-refractivity contribution in [3.8, 4) is 5.75 Å². The molecule has 1 aromatic carbocycles. The minimum atomic E-state index is -0.0388. The van der Waals surface area contributed by atoms with E-state index in [-0.39, 0.29) is 12.4 Å². The second-order valence-corrected chi connectivity index (χ2v) is 4.96. The van der Waals surface area contributed by atoms with Gasteiger partial charge in [0.25, 0.3) is 0 Å². The van der Waals surface area contributed by atoms with Crippen molar-refractivity contribution in [2.45, 2.75) is 20.1 Å². The number of aromatic hydroxyl groups is 1. The van der Waals surface area contributed by atoms with Crippen LogP contribution in [0.15, 0.2) is 30.3 Å². The van der Waals surface area contributed by atoms with E-state index in [4.69, 9.17) is 10.8 Å². The van der Waals surface area contributed by atoms with E-state index < -0.39 is 0 Å². The van der Waals surface area contributed by atoms with Gasteiger partial charge in [-0.3, -0.25) is 4.98 Å². The van der Waals surface area contributed by atoms with Crippen LogP contribution in [0.3, 0.4) is 0 Å². The van der Waals surface area contributed by atoms with E-state index in [2.05, 4.69) is 9.97 Å². The molecule has 0 bridgehead atoms. The average Bonchev–Trinajstić information content (AvgIpc) is 2.78. The Hall–Kier alpha value is -2.60. The summed E-state index contributed by atoms with van der Waals surface area (Å²) in [7, 11) is 0. The lowest BCUT2D eigenvalue weighted by atomic mass is 10.2. The zero-order chi connectivity index (χ0) is 15.0. The summed E-state index contributed by atoms with van der Waals surface area (Å²) in [5, 5.41) is 19.1. The number of hydrogen-bond donors (Lipinski definition) is 3. The van der Waals surface area contributed by atoms with Gasteiger partial charge < -0.3 is 20.5 Å². The molecule has 108 valence electrons. The van der Waals surface area contributed by atoms with Crippen molar-refractivity contribution in [1.82, 2.24) is 14.5 Å². The first-order valence-electron chi connectivity index (χ1n) is 6.59. The van der Waals surface area contributed by atoms with Gasteiger partial charge in [-0.05, 0) is 36.8 Å². The van der Waals surface area contributed by atoms with Crippen molar-refractivity contribution in [3.05, 3.63) is 47.3 Å². The molecule has 0 amide bonds. The standard InChI is InChI=1S/C15H16N4O2/c1-9-2-5-14(21)12(17-9)7-19-13-4-3-10(8-20)6-11(13)18-15(19)16/h2-6,20-21H,7-8H2,1H3,(H2,16,18). The molecule has 6 heteroatoms. The third-order valence-corrected chi connectivity index (χ3v) is 3.42. The summed E-state index contributed by atoms with van der Waals surface area (Å²) < 4.78 is 1.79. The van der Waals surface area contributed by atoms with Crippen molar-refractivity contribution in [1.29, 1.82) is 0 Å². The average molecular weight is 284 g/mol. The van der Waals surface area contributed by atoms with Crippen LogP contribution in [0.1, 0.15) is 17.0 Å². The van der Waals surface area contributed by atoms with Crippen molar-refractivity contribution in [3.63, 3.8) is 0 Å². The molecular weight excluding hydrogens is 268 g/mol. The fraction of sp³-hybridized carbons (Fsp3) is 0.200. The molecule has 0 fully saturated rings. The van der Waals surface area contributed by atoms with Crippen molar-refractivity contribution < 1.29 is 10.2 Å². The lowest BCUT2D eigenvalue weighted by molar-refractivity contribution is 0.282. The fourth-order valence-electron chi connectivity index (χ4n) is 2.33. The number of aryl methyl sites for hydroxylation is 1. The molecular formula is C15H16N4O2. The lowest BCUT2D eigenvalue weighted by Gasteiger charge is -2.08. The first-order valence-corrected chi connectivity index (χ1v) is 6.59. The highest BCUT2D eigenvalue weighted by molar-refractivity contribution is 5.79. The van der Waals surface area contributed by atoms with Crippen molar-refractivity contribution in [2.75, 3.05) is 5.73 Å². The number of benzene rings is 1. The molecule has 0 spiro atoms. The molecule has 0 unspecified atom stereocenters. The van der Waals surface area contributed by atoms with Gasteiger partial charge in [-0.2, -0.15) is 0 Å². The zero-order valence-corrected chi connectivity index (χ0v) is 11.6. The van der Waals surface area contributed by atoms with Gasteiger partial charge in [0, 0.05) is 5.69 Å². The Morgan fingerprint density at radius 3 is 2.76 bits per heavy atom. The molecule has 3 aromatic rings. The summed E-state index contributed by atoms with van der Waals surface area (Å²) in [4.78, 5) is 8.63. The zero-order valence-electron chi connectivity index (χ0n) is 11.6. The summed E-state index contributed by atoms with van der Waals surface area (Å²) in [6.07, 6.45) is 0. The van der Waals surface area contributed by atoms with Gasteiger partial charge in [-0.25, -0.2) is 4.98 Å². The molecule has 4 N–H and O–H groups in total. The van der Waals surface area contributed by atoms with E-state index in [1.807, 2.05) is 19.1 Å². The maximum Gasteiger partial charge on any atom is 0.201 e. The number of fused-ring (bicyclic) bond motifs is 1. The first-order chi connectivity index (χ1) is 10.1. The first kappa shape index (κ1) is 13.4. The number of nitrogen functional groups attached to an aromatic ring is 1. The fourth-order valence-corrected chi connectivity index (χ4v) is 2.33. The Morgan fingerprint density at radius 1 is 1.19 bits per heavy atom. The summed E-state index contributed by atoms with van der Waals surface area (Å²) in [6.45, 7) is 2.17. The van der Waals surface area contributed by atoms with Gasteiger partial charge in [0.05, 0.1) is 24.2 Å². The number of aliphatic hydroxyl groups excluding tert-OH is 1. The lowest BCUT2D eigenvalue weighted by Crippen LogP contribution is -2.06. The SMILES string of the molecule is Cc1ccc(O)c(Cn2c(N)nc3cc(CO)ccc32)n1. The number of pyridine rings is 1.